The number of rotatable bonds is 4. The summed E-state index contributed by atoms with van der Waals surface area (Å²) in [4.78, 5) is 11.5. The van der Waals surface area contributed by atoms with Gasteiger partial charge in [0.15, 0.2) is 0 Å². The molecule has 1 aromatic carbocycles. The lowest BCUT2D eigenvalue weighted by atomic mass is 10.2. The lowest BCUT2D eigenvalue weighted by molar-refractivity contribution is 0.0994. The van der Waals surface area contributed by atoms with E-state index in [-0.39, 0.29) is 12.4 Å². The Kier molecular flexibility index (Phi) is 3.55. The van der Waals surface area contributed by atoms with Crippen LogP contribution in [0.4, 0.5) is 4.39 Å². The fraction of sp³-hybridized carbons (Fsp3) is 0.118. The molecule has 0 saturated heterocycles. The second-order valence-electron chi connectivity index (χ2n) is 5.08. The van der Waals surface area contributed by atoms with E-state index < -0.39 is 5.91 Å². The van der Waals surface area contributed by atoms with Crippen LogP contribution >= 0.6 is 0 Å². The number of fused-ring (bicyclic) bond motifs is 1. The third-order valence-electron chi connectivity index (χ3n) is 3.52. The van der Waals surface area contributed by atoms with Crippen molar-refractivity contribution in [3.63, 3.8) is 0 Å². The minimum atomic E-state index is -0.497. The number of pyridine rings is 1. The van der Waals surface area contributed by atoms with Gasteiger partial charge in [0.1, 0.15) is 23.9 Å². The van der Waals surface area contributed by atoms with Crippen molar-refractivity contribution in [1.29, 1.82) is 0 Å². The number of primary amides is 1. The van der Waals surface area contributed by atoms with E-state index in [1.165, 1.54) is 6.07 Å². The van der Waals surface area contributed by atoms with Gasteiger partial charge in [-0.25, -0.2) is 4.39 Å². The maximum Gasteiger partial charge on any atom is 0.265 e. The molecule has 22 heavy (non-hydrogen) atoms. The van der Waals surface area contributed by atoms with Crippen molar-refractivity contribution in [3.05, 3.63) is 71.3 Å². The molecule has 5 heteroatoms. The van der Waals surface area contributed by atoms with Crippen molar-refractivity contribution in [2.45, 2.75) is 13.5 Å². The summed E-state index contributed by atoms with van der Waals surface area (Å²) < 4.78 is 20.9. The van der Waals surface area contributed by atoms with Crippen molar-refractivity contribution >= 4 is 11.4 Å². The highest BCUT2D eigenvalue weighted by molar-refractivity contribution is 5.94. The predicted octanol–water partition coefficient (Wildman–Crippen LogP) is 3.06. The Morgan fingerprint density at radius 1 is 1.27 bits per heavy atom. The molecule has 4 nitrogen and oxygen atoms in total. The Hall–Kier alpha value is -2.82. The molecule has 0 saturated carbocycles. The molecule has 0 atom stereocenters. The Labute approximate surface area is 126 Å². The molecule has 3 aromatic rings. The average molecular weight is 298 g/mol. The summed E-state index contributed by atoms with van der Waals surface area (Å²) in [5, 5.41) is 0. The molecule has 0 fully saturated rings. The minimum Gasteiger partial charge on any atom is -0.487 e. The van der Waals surface area contributed by atoms with E-state index in [0.717, 1.165) is 11.1 Å². The number of hydrogen-bond acceptors (Lipinski definition) is 2. The van der Waals surface area contributed by atoms with Crippen LogP contribution in [0.15, 0.2) is 48.7 Å². The molecule has 2 aromatic heterocycles. The first-order chi connectivity index (χ1) is 10.6. The number of aromatic nitrogens is 1. The van der Waals surface area contributed by atoms with Crippen molar-refractivity contribution < 1.29 is 13.9 Å². The third-order valence-corrected chi connectivity index (χ3v) is 3.52. The molecular formula is C17H15FN2O2. The smallest absolute Gasteiger partial charge is 0.265 e. The van der Waals surface area contributed by atoms with Gasteiger partial charge in [-0.2, -0.15) is 0 Å². The third kappa shape index (κ3) is 2.53. The Balaban J connectivity index is 1.90. The van der Waals surface area contributed by atoms with Crippen LogP contribution in [0.1, 0.15) is 21.6 Å². The van der Waals surface area contributed by atoms with Gasteiger partial charge in [-0.3, -0.25) is 4.79 Å². The van der Waals surface area contributed by atoms with Crippen molar-refractivity contribution in [2.75, 3.05) is 0 Å². The monoisotopic (exact) mass is 298 g/mol. The van der Waals surface area contributed by atoms with Crippen LogP contribution in [0.3, 0.4) is 0 Å². The van der Waals surface area contributed by atoms with Crippen LogP contribution in [0.2, 0.25) is 0 Å². The van der Waals surface area contributed by atoms with E-state index in [2.05, 4.69) is 0 Å². The second kappa shape index (κ2) is 5.52. The number of amides is 1. The van der Waals surface area contributed by atoms with E-state index >= 15 is 0 Å². The molecule has 0 spiro atoms. The number of benzene rings is 1. The van der Waals surface area contributed by atoms with Gasteiger partial charge in [0, 0.05) is 11.1 Å². The summed E-state index contributed by atoms with van der Waals surface area (Å²) >= 11 is 0. The summed E-state index contributed by atoms with van der Waals surface area (Å²) in [6.07, 6.45) is 1.68. The van der Waals surface area contributed by atoms with Gasteiger partial charge in [0.25, 0.3) is 5.91 Å². The number of carbonyl (C=O) groups excluding carboxylic acids is 1. The first-order valence-corrected chi connectivity index (χ1v) is 6.84. The van der Waals surface area contributed by atoms with Crippen LogP contribution < -0.4 is 10.5 Å². The lowest BCUT2D eigenvalue weighted by Gasteiger charge is -2.08. The summed E-state index contributed by atoms with van der Waals surface area (Å²) in [7, 11) is 0. The van der Waals surface area contributed by atoms with E-state index in [0.29, 0.717) is 17.0 Å². The van der Waals surface area contributed by atoms with Crippen LogP contribution in [0.25, 0.3) is 5.52 Å². The van der Waals surface area contributed by atoms with E-state index in [9.17, 15) is 9.18 Å². The van der Waals surface area contributed by atoms with E-state index in [1.54, 1.807) is 34.9 Å². The highest BCUT2D eigenvalue weighted by Crippen LogP contribution is 2.21. The summed E-state index contributed by atoms with van der Waals surface area (Å²) in [5.41, 5.74) is 7.96. The Morgan fingerprint density at radius 2 is 2.05 bits per heavy atom. The summed E-state index contributed by atoms with van der Waals surface area (Å²) in [6.45, 7) is 1.94. The van der Waals surface area contributed by atoms with Crippen LogP contribution in [0, 0.1) is 12.7 Å². The molecule has 112 valence electrons. The molecule has 0 radical (unpaired) electrons. The molecule has 0 aliphatic heterocycles. The normalized spacial score (nSPS) is 10.8. The Morgan fingerprint density at radius 3 is 2.77 bits per heavy atom. The predicted molar refractivity (Wildman–Crippen MR) is 81.4 cm³/mol. The van der Waals surface area contributed by atoms with Gasteiger partial charge in [-0.15, -0.1) is 0 Å². The van der Waals surface area contributed by atoms with Crippen LogP contribution in [0.5, 0.6) is 5.75 Å². The molecule has 1 amide bonds. The summed E-state index contributed by atoms with van der Waals surface area (Å²) in [5.74, 6) is -0.268. The van der Waals surface area contributed by atoms with Crippen molar-refractivity contribution in [2.24, 2.45) is 5.73 Å². The number of hydrogen-bond donors (Lipinski definition) is 1. The van der Waals surface area contributed by atoms with Gasteiger partial charge in [-0.1, -0.05) is 18.2 Å². The summed E-state index contributed by atoms with van der Waals surface area (Å²) in [6, 6.07) is 11.9. The molecule has 0 aliphatic rings. The van der Waals surface area contributed by atoms with Gasteiger partial charge >= 0.3 is 0 Å². The fourth-order valence-electron chi connectivity index (χ4n) is 2.46. The highest BCUT2D eigenvalue weighted by Gasteiger charge is 2.12. The van der Waals surface area contributed by atoms with E-state index in [1.807, 2.05) is 19.1 Å². The van der Waals surface area contributed by atoms with Crippen molar-refractivity contribution in [1.82, 2.24) is 4.40 Å². The Bertz CT molecular complexity index is 855. The number of carbonyl (C=O) groups is 1. The van der Waals surface area contributed by atoms with Gasteiger partial charge in [0.2, 0.25) is 0 Å². The molecule has 2 heterocycles. The molecule has 0 bridgehead atoms. The zero-order valence-corrected chi connectivity index (χ0v) is 12.0. The lowest BCUT2D eigenvalue weighted by Crippen LogP contribution is -2.15. The number of nitrogens with two attached hydrogens (primary N) is 1. The van der Waals surface area contributed by atoms with Gasteiger partial charge in [0.05, 0.1) is 6.20 Å². The molecule has 0 aliphatic carbocycles. The van der Waals surface area contributed by atoms with Gasteiger partial charge < -0.3 is 14.9 Å². The van der Waals surface area contributed by atoms with E-state index in [4.69, 9.17) is 10.5 Å². The fourth-order valence-corrected chi connectivity index (χ4v) is 2.46. The molecular weight excluding hydrogens is 283 g/mol. The number of halogens is 1. The van der Waals surface area contributed by atoms with Crippen molar-refractivity contribution in [3.8, 4) is 5.75 Å². The average Bonchev–Trinajstić information content (AvgIpc) is 2.81. The molecule has 3 rings (SSSR count). The molecule has 2 N–H and O–H groups in total. The first-order valence-electron chi connectivity index (χ1n) is 6.84. The van der Waals surface area contributed by atoms with Crippen LogP contribution in [-0.2, 0) is 6.61 Å². The maximum atomic E-state index is 13.6. The van der Waals surface area contributed by atoms with Crippen LogP contribution in [-0.4, -0.2) is 10.3 Å². The standard InChI is InChI=1S/C17H15FN2O2/c1-11-8-13-6-7-14(9-20(13)16(11)17(19)21)22-10-12-4-2-3-5-15(12)18/h2-9H,10H2,1H3,(H2,19,21). The second-order valence-corrected chi connectivity index (χ2v) is 5.08. The molecule has 0 unspecified atom stereocenters. The SMILES string of the molecule is Cc1cc2ccc(OCc3ccccc3F)cn2c1C(N)=O. The zero-order valence-electron chi connectivity index (χ0n) is 12.0. The topological polar surface area (TPSA) is 56.7 Å². The zero-order chi connectivity index (χ0) is 15.7. The highest BCUT2D eigenvalue weighted by atomic mass is 19.1. The number of aryl methyl sites for hydroxylation is 1. The quantitative estimate of drug-likeness (QED) is 0.804. The van der Waals surface area contributed by atoms with Gasteiger partial charge in [-0.05, 0) is 36.8 Å². The number of nitrogens with zero attached hydrogens (tertiary/aromatic N) is 1. The maximum absolute atomic E-state index is 13.6. The first kappa shape index (κ1) is 14.1. The number of ether oxygens (including phenoxy) is 1. The minimum absolute atomic E-state index is 0.115. The largest absolute Gasteiger partial charge is 0.487 e.